The van der Waals surface area contributed by atoms with Crippen LogP contribution in [0.2, 0.25) is 0 Å². The number of piperazine rings is 1. The Balaban J connectivity index is 1.89. The first-order chi connectivity index (χ1) is 12.1. The standard InChI is InChI=1S/C17H21N5O3/c1-3-20-8-10-21(11-9-20)16-15(22(23)24)17(19-12-18-16)25-14-6-4-13(2)5-7-14/h4-7,12H,3,8-11H2,1-2H3. The average Bonchev–Trinajstić information content (AvgIpc) is 2.63. The molecule has 2 heterocycles. The Morgan fingerprint density at radius 1 is 1.16 bits per heavy atom. The molecule has 8 heteroatoms. The molecule has 1 fully saturated rings. The van der Waals surface area contributed by atoms with Crippen LogP contribution in [-0.2, 0) is 0 Å². The number of hydrogen-bond donors (Lipinski definition) is 0. The average molecular weight is 343 g/mol. The van der Waals surface area contributed by atoms with E-state index in [2.05, 4.69) is 21.8 Å². The summed E-state index contributed by atoms with van der Waals surface area (Å²) in [4.78, 5) is 23.6. The highest BCUT2D eigenvalue weighted by Gasteiger charge is 2.30. The van der Waals surface area contributed by atoms with E-state index < -0.39 is 4.92 Å². The summed E-state index contributed by atoms with van der Waals surface area (Å²) in [6.45, 7) is 8.13. The Labute approximate surface area is 146 Å². The molecule has 1 aromatic carbocycles. The molecule has 1 aromatic heterocycles. The van der Waals surface area contributed by atoms with Gasteiger partial charge in [-0.25, -0.2) is 4.98 Å². The topological polar surface area (TPSA) is 84.6 Å². The molecule has 0 aliphatic carbocycles. The van der Waals surface area contributed by atoms with E-state index in [9.17, 15) is 10.1 Å². The van der Waals surface area contributed by atoms with Crippen molar-refractivity contribution in [3.05, 3.63) is 46.3 Å². The van der Waals surface area contributed by atoms with Crippen LogP contribution in [0.1, 0.15) is 12.5 Å². The first-order valence-corrected chi connectivity index (χ1v) is 8.29. The molecular weight excluding hydrogens is 322 g/mol. The van der Waals surface area contributed by atoms with Gasteiger partial charge >= 0.3 is 11.6 Å². The molecule has 132 valence electrons. The highest BCUT2D eigenvalue weighted by atomic mass is 16.6. The van der Waals surface area contributed by atoms with Crippen LogP contribution in [0.25, 0.3) is 0 Å². The number of likely N-dealkylation sites (N-methyl/N-ethyl adjacent to an activating group) is 1. The van der Waals surface area contributed by atoms with Crippen molar-refractivity contribution in [3.8, 4) is 11.6 Å². The lowest BCUT2D eigenvalue weighted by Gasteiger charge is -2.34. The van der Waals surface area contributed by atoms with E-state index in [0.29, 0.717) is 24.7 Å². The van der Waals surface area contributed by atoms with Crippen molar-refractivity contribution in [1.29, 1.82) is 0 Å². The number of hydrogen-bond acceptors (Lipinski definition) is 7. The van der Waals surface area contributed by atoms with Gasteiger partial charge in [-0.05, 0) is 25.6 Å². The molecular formula is C17H21N5O3. The summed E-state index contributed by atoms with van der Waals surface area (Å²) in [6, 6.07) is 7.29. The summed E-state index contributed by atoms with van der Waals surface area (Å²) in [7, 11) is 0. The quantitative estimate of drug-likeness (QED) is 0.609. The smallest absolute Gasteiger partial charge is 0.373 e. The van der Waals surface area contributed by atoms with Crippen LogP contribution in [0.5, 0.6) is 11.6 Å². The second-order valence-corrected chi connectivity index (χ2v) is 5.94. The third-order valence-corrected chi connectivity index (χ3v) is 4.31. The van der Waals surface area contributed by atoms with E-state index in [-0.39, 0.29) is 11.6 Å². The predicted octanol–water partition coefficient (Wildman–Crippen LogP) is 2.63. The number of aromatic nitrogens is 2. The van der Waals surface area contributed by atoms with Gasteiger partial charge in [0.25, 0.3) is 0 Å². The Hall–Kier alpha value is -2.74. The minimum atomic E-state index is -0.467. The Kier molecular flexibility index (Phi) is 5.08. The highest BCUT2D eigenvalue weighted by molar-refractivity contribution is 5.63. The van der Waals surface area contributed by atoms with Gasteiger partial charge in [-0.15, -0.1) is 0 Å². The molecule has 1 saturated heterocycles. The largest absolute Gasteiger partial charge is 0.434 e. The first kappa shape index (κ1) is 17.1. The summed E-state index contributed by atoms with van der Waals surface area (Å²) in [5, 5.41) is 11.7. The molecule has 0 bridgehead atoms. The van der Waals surface area contributed by atoms with Gasteiger partial charge in [-0.3, -0.25) is 10.1 Å². The summed E-state index contributed by atoms with van der Waals surface area (Å²) in [6.07, 6.45) is 1.32. The zero-order valence-corrected chi connectivity index (χ0v) is 14.4. The highest BCUT2D eigenvalue weighted by Crippen LogP contribution is 2.36. The van der Waals surface area contributed by atoms with E-state index in [0.717, 1.165) is 25.2 Å². The number of benzene rings is 1. The minimum Gasteiger partial charge on any atom is -0.434 e. The van der Waals surface area contributed by atoms with Crippen LogP contribution in [0.15, 0.2) is 30.6 Å². The van der Waals surface area contributed by atoms with Gasteiger partial charge in [0.05, 0.1) is 4.92 Å². The predicted molar refractivity (Wildman–Crippen MR) is 94.3 cm³/mol. The third kappa shape index (κ3) is 3.85. The van der Waals surface area contributed by atoms with Gasteiger partial charge < -0.3 is 14.5 Å². The number of ether oxygens (including phenoxy) is 1. The van der Waals surface area contributed by atoms with Crippen molar-refractivity contribution in [1.82, 2.24) is 14.9 Å². The molecule has 25 heavy (non-hydrogen) atoms. The monoisotopic (exact) mass is 343 g/mol. The molecule has 0 spiro atoms. The Morgan fingerprint density at radius 3 is 2.44 bits per heavy atom. The summed E-state index contributed by atoms with van der Waals surface area (Å²) < 4.78 is 5.67. The van der Waals surface area contributed by atoms with E-state index >= 15 is 0 Å². The molecule has 1 aliphatic rings. The van der Waals surface area contributed by atoms with Gasteiger partial charge in [0, 0.05) is 26.2 Å². The fraction of sp³-hybridized carbons (Fsp3) is 0.412. The van der Waals surface area contributed by atoms with Crippen molar-refractivity contribution < 1.29 is 9.66 Å². The summed E-state index contributed by atoms with van der Waals surface area (Å²) in [5.41, 5.74) is 0.895. The van der Waals surface area contributed by atoms with Crippen LogP contribution in [0.3, 0.4) is 0 Å². The fourth-order valence-corrected chi connectivity index (χ4v) is 2.81. The lowest BCUT2D eigenvalue weighted by atomic mass is 10.2. The molecule has 1 aliphatic heterocycles. The number of anilines is 1. The molecule has 2 aromatic rings. The van der Waals surface area contributed by atoms with Crippen LogP contribution < -0.4 is 9.64 Å². The first-order valence-electron chi connectivity index (χ1n) is 8.29. The van der Waals surface area contributed by atoms with Gasteiger partial charge in [-0.1, -0.05) is 24.6 Å². The number of rotatable bonds is 5. The maximum Gasteiger partial charge on any atom is 0.373 e. The Bertz CT molecular complexity index is 742. The van der Waals surface area contributed by atoms with E-state index in [1.807, 2.05) is 24.0 Å². The van der Waals surface area contributed by atoms with Crippen LogP contribution in [0.4, 0.5) is 11.5 Å². The van der Waals surface area contributed by atoms with Crippen LogP contribution >= 0.6 is 0 Å². The van der Waals surface area contributed by atoms with Crippen molar-refractivity contribution in [2.75, 3.05) is 37.6 Å². The second kappa shape index (κ2) is 7.43. The van der Waals surface area contributed by atoms with Crippen LogP contribution in [0, 0.1) is 17.0 Å². The maximum atomic E-state index is 11.7. The van der Waals surface area contributed by atoms with Crippen molar-refractivity contribution in [2.45, 2.75) is 13.8 Å². The third-order valence-electron chi connectivity index (χ3n) is 4.31. The second-order valence-electron chi connectivity index (χ2n) is 5.94. The van der Waals surface area contributed by atoms with Crippen LogP contribution in [-0.4, -0.2) is 52.5 Å². The molecule has 0 unspecified atom stereocenters. The zero-order valence-electron chi connectivity index (χ0n) is 14.4. The summed E-state index contributed by atoms with van der Waals surface area (Å²) >= 11 is 0. The summed E-state index contributed by atoms with van der Waals surface area (Å²) in [5.74, 6) is 0.795. The molecule has 0 atom stereocenters. The fourth-order valence-electron chi connectivity index (χ4n) is 2.81. The molecule has 3 rings (SSSR count). The van der Waals surface area contributed by atoms with E-state index in [1.165, 1.54) is 6.33 Å². The molecule has 0 radical (unpaired) electrons. The van der Waals surface area contributed by atoms with Crippen molar-refractivity contribution in [2.24, 2.45) is 0 Å². The normalized spacial score (nSPS) is 15.2. The van der Waals surface area contributed by atoms with Crippen molar-refractivity contribution >= 4 is 11.5 Å². The number of nitrogens with zero attached hydrogens (tertiary/aromatic N) is 5. The maximum absolute atomic E-state index is 11.7. The number of nitro groups is 1. The lowest BCUT2D eigenvalue weighted by molar-refractivity contribution is -0.385. The molecule has 0 saturated carbocycles. The lowest BCUT2D eigenvalue weighted by Crippen LogP contribution is -2.46. The number of aryl methyl sites for hydroxylation is 1. The van der Waals surface area contributed by atoms with Crippen molar-refractivity contribution in [3.63, 3.8) is 0 Å². The minimum absolute atomic E-state index is 0.0308. The van der Waals surface area contributed by atoms with Gasteiger partial charge in [0.2, 0.25) is 5.82 Å². The zero-order chi connectivity index (χ0) is 17.8. The van der Waals surface area contributed by atoms with Gasteiger partial charge in [-0.2, -0.15) is 4.98 Å². The van der Waals surface area contributed by atoms with Gasteiger partial charge in [0.15, 0.2) is 0 Å². The molecule has 0 N–H and O–H groups in total. The van der Waals surface area contributed by atoms with Gasteiger partial charge in [0.1, 0.15) is 12.1 Å². The van der Waals surface area contributed by atoms with E-state index in [1.54, 1.807) is 12.1 Å². The SMILES string of the molecule is CCN1CCN(c2ncnc(Oc3ccc(C)cc3)c2[N+](=O)[O-])CC1. The van der Waals surface area contributed by atoms with E-state index in [4.69, 9.17) is 4.74 Å². The molecule has 0 amide bonds. The Morgan fingerprint density at radius 2 is 1.84 bits per heavy atom. The molecule has 8 nitrogen and oxygen atoms in total.